The minimum Gasteiger partial charge on any atom is -0.505 e. The average Bonchev–Trinajstić information content (AvgIpc) is 2.58. The number of amides is 1. The van der Waals surface area contributed by atoms with Crippen LogP contribution in [0.1, 0.15) is 27.2 Å². The quantitative estimate of drug-likeness (QED) is 0.571. The number of aliphatic hydroxyl groups excluding tert-OH is 1. The van der Waals surface area contributed by atoms with E-state index in [1.165, 1.54) is 12.4 Å². The molecular weight excluding hydrogens is 298 g/mol. The molecule has 7 nitrogen and oxygen atoms in total. The van der Waals surface area contributed by atoms with Crippen LogP contribution >= 0.6 is 0 Å². The molecule has 7 heteroatoms. The van der Waals surface area contributed by atoms with Crippen molar-refractivity contribution in [1.82, 2.24) is 10.4 Å². The standard InChI is InChI=1S/C16H17N3O4/c1-10-15(21)14(12(9-20)7-17-10)8-18-19-16(22)11-3-5-13(23-2)6-4-11/h3-8,20-21H,9H2,1-2H3,(H,19,22)/b18-8+. The summed E-state index contributed by atoms with van der Waals surface area (Å²) in [6, 6.07) is 6.55. The summed E-state index contributed by atoms with van der Waals surface area (Å²) < 4.78 is 5.02. The SMILES string of the molecule is COc1ccc(C(=O)N/N=C/c2c(CO)cnc(C)c2O)cc1. The number of hydrazone groups is 1. The minimum atomic E-state index is -0.403. The second-order valence-corrected chi connectivity index (χ2v) is 4.72. The number of ether oxygens (including phenoxy) is 1. The van der Waals surface area contributed by atoms with Crippen LogP contribution in [-0.2, 0) is 6.61 Å². The van der Waals surface area contributed by atoms with Crippen molar-refractivity contribution in [3.05, 3.63) is 52.8 Å². The topological polar surface area (TPSA) is 104 Å². The Morgan fingerprint density at radius 3 is 2.70 bits per heavy atom. The van der Waals surface area contributed by atoms with Crippen molar-refractivity contribution in [2.24, 2.45) is 5.10 Å². The number of nitrogens with one attached hydrogen (secondary N) is 1. The Morgan fingerprint density at radius 2 is 2.09 bits per heavy atom. The number of aromatic nitrogens is 1. The van der Waals surface area contributed by atoms with Gasteiger partial charge in [-0.05, 0) is 31.2 Å². The summed E-state index contributed by atoms with van der Waals surface area (Å²) in [4.78, 5) is 15.9. The lowest BCUT2D eigenvalue weighted by Gasteiger charge is -2.07. The molecule has 0 spiro atoms. The number of aromatic hydroxyl groups is 1. The van der Waals surface area contributed by atoms with Crippen LogP contribution in [0, 0.1) is 6.92 Å². The highest BCUT2D eigenvalue weighted by Crippen LogP contribution is 2.21. The van der Waals surface area contributed by atoms with Crippen LogP contribution in [0.25, 0.3) is 0 Å². The molecule has 2 aromatic rings. The minimum absolute atomic E-state index is 0.0843. The van der Waals surface area contributed by atoms with E-state index in [4.69, 9.17) is 4.74 Å². The van der Waals surface area contributed by atoms with Gasteiger partial charge in [-0.1, -0.05) is 0 Å². The van der Waals surface area contributed by atoms with E-state index in [9.17, 15) is 15.0 Å². The fourth-order valence-corrected chi connectivity index (χ4v) is 1.88. The molecule has 2 rings (SSSR count). The van der Waals surface area contributed by atoms with E-state index < -0.39 is 5.91 Å². The first-order chi connectivity index (χ1) is 11.1. The van der Waals surface area contributed by atoms with Crippen LogP contribution in [0.5, 0.6) is 11.5 Å². The van der Waals surface area contributed by atoms with Crippen molar-refractivity contribution in [1.29, 1.82) is 0 Å². The Labute approximate surface area is 133 Å². The van der Waals surface area contributed by atoms with Crippen LogP contribution in [0.4, 0.5) is 0 Å². The van der Waals surface area contributed by atoms with E-state index in [2.05, 4.69) is 15.5 Å². The summed E-state index contributed by atoms with van der Waals surface area (Å²) in [7, 11) is 1.54. The normalized spacial score (nSPS) is 10.7. The zero-order valence-corrected chi connectivity index (χ0v) is 12.8. The highest BCUT2D eigenvalue weighted by Gasteiger charge is 2.10. The van der Waals surface area contributed by atoms with Crippen molar-refractivity contribution < 1.29 is 19.7 Å². The number of nitrogens with zero attached hydrogens (tertiary/aromatic N) is 2. The number of benzene rings is 1. The van der Waals surface area contributed by atoms with Gasteiger partial charge in [0.05, 0.1) is 25.6 Å². The number of carbonyl (C=O) groups excluding carboxylic acids is 1. The van der Waals surface area contributed by atoms with Gasteiger partial charge in [0.15, 0.2) is 0 Å². The highest BCUT2D eigenvalue weighted by molar-refractivity contribution is 5.95. The second-order valence-electron chi connectivity index (χ2n) is 4.72. The number of aliphatic hydroxyl groups is 1. The fourth-order valence-electron chi connectivity index (χ4n) is 1.88. The van der Waals surface area contributed by atoms with Crippen LogP contribution in [0.3, 0.4) is 0 Å². The third-order valence-corrected chi connectivity index (χ3v) is 3.24. The van der Waals surface area contributed by atoms with Gasteiger partial charge in [0.25, 0.3) is 5.91 Å². The molecule has 0 radical (unpaired) electrons. The molecular formula is C16H17N3O4. The summed E-state index contributed by atoms with van der Waals surface area (Å²) in [5, 5.41) is 23.0. The molecule has 1 aromatic carbocycles. The van der Waals surface area contributed by atoms with E-state index in [1.807, 2.05) is 0 Å². The largest absolute Gasteiger partial charge is 0.505 e. The Morgan fingerprint density at radius 1 is 1.39 bits per heavy atom. The van der Waals surface area contributed by atoms with Gasteiger partial charge in [-0.15, -0.1) is 0 Å². The predicted octanol–water partition coefficient (Wildman–Crippen LogP) is 1.36. The summed E-state index contributed by atoms with van der Waals surface area (Å²) in [5.74, 6) is 0.161. The second kappa shape index (κ2) is 7.37. The van der Waals surface area contributed by atoms with Crippen LogP contribution in [0.2, 0.25) is 0 Å². The molecule has 0 aliphatic heterocycles. The van der Waals surface area contributed by atoms with Gasteiger partial charge in [0, 0.05) is 22.9 Å². The number of carbonyl (C=O) groups is 1. The van der Waals surface area contributed by atoms with E-state index in [-0.39, 0.29) is 12.4 Å². The lowest BCUT2D eigenvalue weighted by atomic mass is 10.1. The van der Waals surface area contributed by atoms with E-state index >= 15 is 0 Å². The zero-order chi connectivity index (χ0) is 16.8. The lowest BCUT2D eigenvalue weighted by Crippen LogP contribution is -2.17. The molecule has 0 saturated carbocycles. The zero-order valence-electron chi connectivity index (χ0n) is 12.8. The first-order valence-electron chi connectivity index (χ1n) is 6.82. The van der Waals surface area contributed by atoms with Crippen molar-refractivity contribution in [3.8, 4) is 11.5 Å². The van der Waals surface area contributed by atoms with E-state index in [0.717, 1.165) is 0 Å². The van der Waals surface area contributed by atoms with Crippen LogP contribution in [-0.4, -0.2) is 34.4 Å². The van der Waals surface area contributed by atoms with Crippen LogP contribution < -0.4 is 10.2 Å². The van der Waals surface area contributed by atoms with Gasteiger partial charge in [-0.2, -0.15) is 5.10 Å². The number of pyridine rings is 1. The molecule has 0 bridgehead atoms. The molecule has 0 saturated heterocycles. The summed E-state index contributed by atoms with van der Waals surface area (Å²) in [6.45, 7) is 1.33. The predicted molar refractivity (Wildman–Crippen MR) is 84.6 cm³/mol. The molecule has 0 aliphatic carbocycles. The third-order valence-electron chi connectivity index (χ3n) is 3.24. The van der Waals surface area contributed by atoms with Gasteiger partial charge < -0.3 is 14.9 Å². The molecule has 1 aromatic heterocycles. The molecule has 23 heavy (non-hydrogen) atoms. The number of rotatable bonds is 5. The molecule has 120 valence electrons. The maximum absolute atomic E-state index is 12.0. The van der Waals surface area contributed by atoms with Gasteiger partial charge in [-0.3, -0.25) is 9.78 Å². The maximum Gasteiger partial charge on any atom is 0.271 e. The fraction of sp³-hybridized carbons (Fsp3) is 0.188. The Bertz CT molecular complexity index is 727. The molecule has 0 fully saturated rings. The van der Waals surface area contributed by atoms with E-state index in [1.54, 1.807) is 38.3 Å². The lowest BCUT2D eigenvalue weighted by molar-refractivity contribution is 0.0955. The Balaban J connectivity index is 2.12. The van der Waals surface area contributed by atoms with Gasteiger partial charge in [0.1, 0.15) is 11.5 Å². The molecule has 0 aliphatic rings. The first-order valence-corrected chi connectivity index (χ1v) is 6.82. The third kappa shape index (κ3) is 3.83. The van der Waals surface area contributed by atoms with Crippen molar-refractivity contribution in [3.63, 3.8) is 0 Å². The van der Waals surface area contributed by atoms with Crippen molar-refractivity contribution >= 4 is 12.1 Å². The monoisotopic (exact) mass is 315 g/mol. The summed E-state index contributed by atoms with van der Waals surface area (Å²) >= 11 is 0. The Kier molecular flexibility index (Phi) is 5.27. The van der Waals surface area contributed by atoms with Crippen LogP contribution in [0.15, 0.2) is 35.6 Å². The van der Waals surface area contributed by atoms with Gasteiger partial charge >= 0.3 is 0 Å². The summed E-state index contributed by atoms with van der Waals surface area (Å²) in [6.07, 6.45) is 2.72. The maximum atomic E-state index is 12.0. The average molecular weight is 315 g/mol. The molecule has 1 heterocycles. The number of hydrogen-bond acceptors (Lipinski definition) is 6. The number of aryl methyl sites for hydroxylation is 1. The number of methoxy groups -OCH3 is 1. The van der Waals surface area contributed by atoms with Crippen molar-refractivity contribution in [2.45, 2.75) is 13.5 Å². The Hall–Kier alpha value is -2.93. The van der Waals surface area contributed by atoms with E-state index in [0.29, 0.717) is 28.1 Å². The van der Waals surface area contributed by atoms with Gasteiger partial charge in [0.2, 0.25) is 0 Å². The number of hydrogen-bond donors (Lipinski definition) is 3. The smallest absolute Gasteiger partial charge is 0.271 e. The molecule has 3 N–H and O–H groups in total. The van der Waals surface area contributed by atoms with Gasteiger partial charge in [-0.25, -0.2) is 5.43 Å². The molecule has 0 unspecified atom stereocenters. The first kappa shape index (κ1) is 16.4. The summed E-state index contributed by atoms with van der Waals surface area (Å²) in [5.41, 5.74) is 3.91. The van der Waals surface area contributed by atoms with Crippen molar-refractivity contribution in [2.75, 3.05) is 7.11 Å². The highest BCUT2D eigenvalue weighted by atomic mass is 16.5. The molecule has 0 atom stereocenters. The molecule has 1 amide bonds.